The Morgan fingerprint density at radius 1 is 1.15 bits per heavy atom. The van der Waals surface area contributed by atoms with E-state index in [-0.39, 0.29) is 11.7 Å². The first-order valence-corrected chi connectivity index (χ1v) is 11.5. The van der Waals surface area contributed by atoms with Gasteiger partial charge in [-0.1, -0.05) is 18.2 Å². The molecule has 7 nitrogen and oxygen atoms in total. The molecule has 0 amide bonds. The number of pyridine rings is 1. The summed E-state index contributed by atoms with van der Waals surface area (Å²) in [6.07, 6.45) is 7.92. The van der Waals surface area contributed by atoms with Crippen molar-refractivity contribution < 1.29 is 8.78 Å². The van der Waals surface area contributed by atoms with E-state index in [1.165, 1.54) is 29.8 Å². The topological polar surface area (TPSA) is 94.5 Å². The molecule has 1 unspecified atom stereocenters. The number of thiophene rings is 1. The van der Waals surface area contributed by atoms with Crippen LogP contribution in [0.4, 0.5) is 14.7 Å². The van der Waals surface area contributed by atoms with E-state index >= 15 is 0 Å². The highest BCUT2D eigenvalue weighted by Crippen LogP contribution is 2.41. The van der Waals surface area contributed by atoms with Crippen molar-refractivity contribution in [3.05, 3.63) is 78.8 Å². The van der Waals surface area contributed by atoms with Crippen LogP contribution in [0.2, 0.25) is 0 Å². The molecule has 0 aliphatic carbocycles. The predicted octanol–water partition coefficient (Wildman–Crippen LogP) is 5.03. The highest BCUT2D eigenvalue weighted by Gasteiger charge is 2.18. The van der Waals surface area contributed by atoms with Gasteiger partial charge >= 0.3 is 0 Å². The molecule has 0 aliphatic heterocycles. The van der Waals surface area contributed by atoms with Gasteiger partial charge in [-0.25, -0.2) is 24.3 Å². The van der Waals surface area contributed by atoms with Gasteiger partial charge in [0.2, 0.25) is 11.9 Å². The highest BCUT2D eigenvalue weighted by molar-refractivity contribution is 7.22. The van der Waals surface area contributed by atoms with E-state index in [4.69, 9.17) is 5.73 Å². The number of benzene rings is 1. The number of nitrogens with two attached hydrogens (primary N) is 1. The van der Waals surface area contributed by atoms with Crippen molar-refractivity contribution >= 4 is 27.4 Å². The lowest BCUT2D eigenvalue weighted by molar-refractivity contribution is 0.581. The van der Waals surface area contributed by atoms with Crippen molar-refractivity contribution in [3.63, 3.8) is 0 Å². The van der Waals surface area contributed by atoms with Crippen LogP contribution in [0, 0.1) is 11.8 Å². The Labute approximate surface area is 198 Å². The molecule has 10 heteroatoms. The molecule has 4 aromatic heterocycles. The maximum Gasteiger partial charge on any atom is 0.223 e. The van der Waals surface area contributed by atoms with Gasteiger partial charge in [0.05, 0.1) is 17.4 Å². The number of halogens is 2. The molecule has 0 saturated heterocycles. The smallest absolute Gasteiger partial charge is 0.223 e. The lowest BCUT2D eigenvalue weighted by atomic mass is 9.97. The normalized spacial score (nSPS) is 12.2. The fraction of sp³-hybridized carbons (Fsp3) is 0.167. The maximum absolute atomic E-state index is 14.7. The third-order valence-corrected chi connectivity index (χ3v) is 6.61. The molecule has 4 heterocycles. The zero-order valence-electron chi connectivity index (χ0n) is 18.2. The molecular weight excluding hydrogens is 456 g/mol. The van der Waals surface area contributed by atoms with Gasteiger partial charge in [0.25, 0.3) is 0 Å². The van der Waals surface area contributed by atoms with Crippen LogP contribution in [0.15, 0.2) is 61.4 Å². The average molecular weight is 478 g/mol. The van der Waals surface area contributed by atoms with Crippen LogP contribution in [0.25, 0.3) is 31.8 Å². The van der Waals surface area contributed by atoms with Crippen molar-refractivity contribution in [3.8, 4) is 21.7 Å². The Bertz CT molecular complexity index is 1450. The number of hydrogen-bond donors (Lipinski definition) is 2. The molecule has 0 radical (unpaired) electrons. The zero-order chi connectivity index (χ0) is 23.7. The Balaban J connectivity index is 1.51. The lowest BCUT2D eigenvalue weighted by Gasteiger charge is -2.13. The Morgan fingerprint density at radius 2 is 2.03 bits per heavy atom. The Kier molecular flexibility index (Phi) is 5.99. The summed E-state index contributed by atoms with van der Waals surface area (Å²) in [7, 11) is 0. The summed E-state index contributed by atoms with van der Waals surface area (Å²) in [6.45, 7) is 3.06. The van der Waals surface area contributed by atoms with Crippen LogP contribution in [-0.4, -0.2) is 31.0 Å². The van der Waals surface area contributed by atoms with E-state index < -0.39 is 11.8 Å². The number of imidazole rings is 1. The van der Waals surface area contributed by atoms with Gasteiger partial charge in [0.15, 0.2) is 5.82 Å². The molecule has 34 heavy (non-hydrogen) atoms. The van der Waals surface area contributed by atoms with Gasteiger partial charge in [-0.15, -0.1) is 11.3 Å². The third-order valence-electron chi connectivity index (χ3n) is 5.42. The Morgan fingerprint density at radius 3 is 2.82 bits per heavy atom. The molecule has 0 bridgehead atoms. The second-order valence-corrected chi connectivity index (χ2v) is 8.89. The van der Waals surface area contributed by atoms with Crippen LogP contribution in [0.1, 0.15) is 18.5 Å². The van der Waals surface area contributed by atoms with Crippen molar-refractivity contribution in [1.29, 1.82) is 0 Å². The quantitative estimate of drug-likeness (QED) is 0.320. The number of hydrogen-bond acceptors (Lipinski definition) is 7. The molecule has 1 aromatic carbocycles. The van der Waals surface area contributed by atoms with E-state index in [0.717, 1.165) is 21.2 Å². The molecule has 172 valence electrons. The minimum absolute atomic E-state index is 0.209. The van der Waals surface area contributed by atoms with Crippen LogP contribution in [0.3, 0.4) is 0 Å². The van der Waals surface area contributed by atoms with Gasteiger partial charge in [-0.2, -0.15) is 4.39 Å². The average Bonchev–Trinajstić information content (AvgIpc) is 3.49. The maximum atomic E-state index is 14.7. The first-order chi connectivity index (χ1) is 16.5. The fourth-order valence-electron chi connectivity index (χ4n) is 3.77. The SMILES string of the molecule is CC(N)c1cnc(F)cc1-c1cccc2cc(-c3nc(NCCn4ccnc4)ncc3F)sc12. The summed E-state index contributed by atoms with van der Waals surface area (Å²) in [4.78, 5) is 16.9. The highest BCUT2D eigenvalue weighted by atomic mass is 32.1. The molecule has 5 rings (SSSR count). The van der Waals surface area contributed by atoms with Crippen molar-refractivity contribution in [2.24, 2.45) is 5.73 Å². The molecule has 0 aliphatic rings. The molecule has 5 aromatic rings. The van der Waals surface area contributed by atoms with Crippen molar-refractivity contribution in [1.82, 2.24) is 24.5 Å². The number of fused-ring (bicyclic) bond motifs is 1. The summed E-state index contributed by atoms with van der Waals surface area (Å²) < 4.78 is 31.6. The first-order valence-electron chi connectivity index (χ1n) is 10.7. The molecule has 1 atom stereocenters. The summed E-state index contributed by atoms with van der Waals surface area (Å²) in [5.41, 5.74) is 8.55. The second-order valence-electron chi connectivity index (χ2n) is 7.83. The van der Waals surface area contributed by atoms with Gasteiger partial charge in [0, 0.05) is 54.1 Å². The minimum Gasteiger partial charge on any atom is -0.352 e. The van der Waals surface area contributed by atoms with Gasteiger partial charge in [0.1, 0.15) is 5.69 Å². The van der Waals surface area contributed by atoms with Gasteiger partial charge in [-0.3, -0.25) is 0 Å². The Hall–Kier alpha value is -3.76. The molecule has 3 N–H and O–H groups in total. The summed E-state index contributed by atoms with van der Waals surface area (Å²) >= 11 is 1.39. The van der Waals surface area contributed by atoms with E-state index in [0.29, 0.717) is 29.5 Å². The molecular formula is C24H21F2N7S. The van der Waals surface area contributed by atoms with E-state index in [9.17, 15) is 8.78 Å². The van der Waals surface area contributed by atoms with Crippen molar-refractivity contribution in [2.75, 3.05) is 11.9 Å². The monoisotopic (exact) mass is 477 g/mol. The van der Waals surface area contributed by atoms with Gasteiger partial charge < -0.3 is 15.6 Å². The second kappa shape index (κ2) is 9.24. The number of nitrogens with zero attached hydrogens (tertiary/aromatic N) is 5. The van der Waals surface area contributed by atoms with Gasteiger partial charge in [-0.05, 0) is 29.5 Å². The summed E-state index contributed by atoms with van der Waals surface area (Å²) in [5, 5.41) is 4.02. The predicted molar refractivity (Wildman–Crippen MR) is 129 cm³/mol. The number of nitrogens with one attached hydrogen (secondary N) is 1. The largest absolute Gasteiger partial charge is 0.352 e. The number of aromatic nitrogens is 5. The van der Waals surface area contributed by atoms with Crippen LogP contribution in [0.5, 0.6) is 0 Å². The van der Waals surface area contributed by atoms with E-state index in [2.05, 4.69) is 25.3 Å². The number of rotatable bonds is 7. The first kappa shape index (κ1) is 22.1. The van der Waals surface area contributed by atoms with Crippen LogP contribution >= 0.6 is 11.3 Å². The van der Waals surface area contributed by atoms with Crippen LogP contribution in [-0.2, 0) is 6.54 Å². The van der Waals surface area contributed by atoms with Crippen molar-refractivity contribution in [2.45, 2.75) is 19.5 Å². The fourth-order valence-corrected chi connectivity index (χ4v) is 4.95. The molecule has 0 saturated carbocycles. The lowest BCUT2D eigenvalue weighted by Crippen LogP contribution is -2.11. The van der Waals surface area contributed by atoms with E-state index in [1.807, 2.05) is 42.0 Å². The molecule has 0 fully saturated rings. The molecule has 0 spiro atoms. The van der Waals surface area contributed by atoms with Crippen LogP contribution < -0.4 is 11.1 Å². The summed E-state index contributed by atoms with van der Waals surface area (Å²) in [5.74, 6) is -0.759. The standard InChI is InChI=1S/C24H21F2N7S/c1-14(27)18-11-30-21(26)10-17(18)16-4-2-3-15-9-20(34-23(15)16)22-19(25)12-31-24(32-22)29-6-8-33-7-5-28-13-33/h2-5,7,9-14H,6,8,27H2,1H3,(H,29,31,32). The number of anilines is 1. The zero-order valence-corrected chi connectivity index (χ0v) is 19.1. The minimum atomic E-state index is -0.582. The summed E-state index contributed by atoms with van der Waals surface area (Å²) in [6, 6.07) is 8.67. The third kappa shape index (κ3) is 4.37. The van der Waals surface area contributed by atoms with E-state index in [1.54, 1.807) is 12.5 Å².